The average molecular weight is 749 g/mol. The number of rotatable bonds is 7. The third-order valence-corrected chi connectivity index (χ3v) is 25.3. The van der Waals surface area contributed by atoms with Crippen LogP contribution in [0.25, 0.3) is 0 Å². The Morgan fingerprint density at radius 3 is 0.686 bits per heavy atom. The molecule has 6 heterocycles. The number of piperidine rings is 6. The van der Waals surface area contributed by atoms with Gasteiger partial charge in [0.1, 0.15) is 0 Å². The summed E-state index contributed by atoms with van der Waals surface area (Å²) in [5.74, 6) is 0. The standard InChI is InChI=1S/C42H84N7P2/c1-31-19-13-20-32(2)44(31)50(45-33(3)21-14-22-34(45)4,46-35(5)23-15-24-36(46)6)43-51(47-37(7)25-16-26-38(47)8,48-39(9)27-17-28-40(48)10)49-41(11)29-18-30-42(49)12/h31-42H,13-30H2,1-12H3/q+1/t31-,32+,33-,34+,35-,36?,37-,38+,39-,40?,41+,42?,51?/m0/s1. The Kier molecular flexibility index (Phi) is 13.6. The molecule has 0 amide bonds. The van der Waals surface area contributed by atoms with E-state index in [-0.39, 0.29) is 0 Å². The van der Waals surface area contributed by atoms with Gasteiger partial charge < -0.3 is 0 Å². The lowest BCUT2D eigenvalue weighted by Crippen LogP contribution is -2.62. The third-order valence-electron chi connectivity index (χ3n) is 15.0. The molecule has 6 saturated heterocycles. The molecule has 9 heteroatoms. The van der Waals surface area contributed by atoms with E-state index in [4.69, 9.17) is 4.52 Å². The van der Waals surface area contributed by atoms with Crippen LogP contribution in [0, 0.1) is 0 Å². The average Bonchev–Trinajstić information content (AvgIpc) is 3.04. The maximum absolute atomic E-state index is 7.46. The smallest absolute Gasteiger partial charge is 0.237 e. The highest BCUT2D eigenvalue weighted by Crippen LogP contribution is 2.83. The molecule has 6 fully saturated rings. The molecule has 0 saturated carbocycles. The van der Waals surface area contributed by atoms with Crippen molar-refractivity contribution >= 4 is 15.4 Å². The van der Waals surface area contributed by atoms with E-state index in [1.165, 1.54) is 116 Å². The van der Waals surface area contributed by atoms with Crippen LogP contribution in [-0.2, 0) is 0 Å². The van der Waals surface area contributed by atoms with Crippen molar-refractivity contribution in [2.75, 3.05) is 0 Å². The van der Waals surface area contributed by atoms with Crippen LogP contribution in [0.4, 0.5) is 0 Å². The van der Waals surface area contributed by atoms with Gasteiger partial charge in [-0.05, 0) is 165 Å². The Morgan fingerprint density at radius 2 is 0.490 bits per heavy atom. The molecule has 0 spiro atoms. The largest absolute Gasteiger partial charge is 0.359 e. The van der Waals surface area contributed by atoms with Gasteiger partial charge in [0.2, 0.25) is 7.51 Å². The van der Waals surface area contributed by atoms with Gasteiger partial charge in [-0.15, -0.1) is 14.0 Å². The molecule has 6 rings (SSSR count). The first kappa shape index (κ1) is 41.1. The van der Waals surface area contributed by atoms with Gasteiger partial charge in [-0.1, -0.05) is 38.5 Å². The molecule has 7 nitrogen and oxygen atoms in total. The van der Waals surface area contributed by atoms with Crippen LogP contribution in [0.1, 0.15) is 199 Å². The molecule has 0 aromatic carbocycles. The quantitative estimate of drug-likeness (QED) is 0.241. The van der Waals surface area contributed by atoms with Gasteiger partial charge in [0, 0.05) is 72.5 Å². The molecule has 6 aliphatic heterocycles. The zero-order chi connectivity index (χ0) is 36.8. The van der Waals surface area contributed by atoms with Crippen molar-refractivity contribution in [2.24, 2.45) is 4.52 Å². The number of hydrogen-bond donors (Lipinski definition) is 0. The molecule has 13 atom stereocenters. The monoisotopic (exact) mass is 749 g/mol. The number of hydrogen-bond acceptors (Lipinski definition) is 4. The van der Waals surface area contributed by atoms with E-state index >= 15 is 0 Å². The second kappa shape index (κ2) is 16.9. The lowest BCUT2D eigenvalue weighted by Gasteiger charge is -2.63. The Labute approximate surface area is 318 Å². The Morgan fingerprint density at radius 1 is 0.314 bits per heavy atom. The summed E-state index contributed by atoms with van der Waals surface area (Å²) in [5, 5.41) is 0. The maximum Gasteiger partial charge on any atom is 0.359 e. The van der Waals surface area contributed by atoms with Gasteiger partial charge in [-0.2, -0.15) is 0 Å². The van der Waals surface area contributed by atoms with Crippen LogP contribution < -0.4 is 0 Å². The minimum atomic E-state index is -2.49. The first-order valence-electron chi connectivity index (χ1n) is 22.5. The third kappa shape index (κ3) is 7.40. The van der Waals surface area contributed by atoms with E-state index < -0.39 is 15.4 Å². The molecule has 0 aromatic rings. The minimum Gasteiger partial charge on any atom is -0.237 e. The zero-order valence-electron chi connectivity index (χ0n) is 35.7. The van der Waals surface area contributed by atoms with Gasteiger partial charge in [0.05, 0.1) is 0 Å². The van der Waals surface area contributed by atoms with Crippen LogP contribution in [-0.4, -0.2) is 101 Å². The normalized spacial score (nSPS) is 43.9. The van der Waals surface area contributed by atoms with E-state index in [9.17, 15) is 0 Å². The fraction of sp³-hybridized carbons (Fsp3) is 1.00. The molecule has 0 N–H and O–H groups in total. The predicted octanol–water partition coefficient (Wildman–Crippen LogP) is 12.2. The van der Waals surface area contributed by atoms with Crippen molar-refractivity contribution in [3.05, 3.63) is 0 Å². The molecular formula is C42H84N7P2+. The van der Waals surface area contributed by atoms with Crippen molar-refractivity contribution in [1.82, 2.24) is 28.0 Å². The van der Waals surface area contributed by atoms with E-state index in [1.807, 2.05) is 0 Å². The summed E-state index contributed by atoms with van der Waals surface area (Å²) in [6.07, 6.45) is 23.9. The minimum absolute atomic E-state index is 0.541. The molecular weight excluding hydrogens is 664 g/mol. The van der Waals surface area contributed by atoms with Crippen molar-refractivity contribution in [1.29, 1.82) is 0 Å². The molecule has 4 unspecified atom stereocenters. The topological polar surface area (TPSA) is 31.8 Å². The first-order valence-corrected chi connectivity index (χ1v) is 25.7. The molecule has 0 aromatic heterocycles. The first-order chi connectivity index (χ1) is 24.3. The Hall–Kier alpha value is 0.420. The van der Waals surface area contributed by atoms with E-state index in [0.29, 0.717) is 72.5 Å². The maximum atomic E-state index is 7.46. The highest BCUT2D eigenvalue weighted by molar-refractivity contribution is 7.75. The van der Waals surface area contributed by atoms with E-state index in [0.717, 1.165) is 0 Å². The van der Waals surface area contributed by atoms with E-state index in [1.54, 1.807) is 0 Å². The van der Waals surface area contributed by atoms with Crippen LogP contribution in [0.3, 0.4) is 0 Å². The molecule has 0 bridgehead atoms. The highest BCUT2D eigenvalue weighted by Gasteiger charge is 2.69. The number of nitrogens with zero attached hydrogens (tertiary/aromatic N) is 7. The summed E-state index contributed by atoms with van der Waals surface area (Å²) in [6, 6.07) is 6.49. The molecule has 0 aliphatic carbocycles. The van der Waals surface area contributed by atoms with Crippen molar-refractivity contribution < 1.29 is 0 Å². The lowest BCUT2D eigenvalue weighted by atomic mass is 10.0. The van der Waals surface area contributed by atoms with E-state index in [2.05, 4.69) is 111 Å². The second-order valence-corrected chi connectivity index (χ2v) is 24.8. The van der Waals surface area contributed by atoms with Gasteiger partial charge in [-0.3, -0.25) is 0 Å². The van der Waals surface area contributed by atoms with Crippen LogP contribution >= 0.6 is 15.4 Å². The molecule has 51 heavy (non-hydrogen) atoms. The van der Waals surface area contributed by atoms with Crippen LogP contribution in [0.2, 0.25) is 0 Å². The summed E-state index contributed by atoms with van der Waals surface area (Å²) in [7, 11) is -4.98. The fourth-order valence-electron chi connectivity index (χ4n) is 12.8. The van der Waals surface area contributed by atoms with Crippen molar-refractivity contribution in [2.45, 2.75) is 271 Å². The lowest BCUT2D eigenvalue weighted by molar-refractivity contribution is 0.0966. The molecule has 296 valence electrons. The summed E-state index contributed by atoms with van der Waals surface area (Å²) in [5.41, 5.74) is 0. The fourth-order valence-corrected chi connectivity index (χ4v) is 25.4. The molecule has 0 radical (unpaired) electrons. The van der Waals surface area contributed by atoms with Gasteiger partial charge in [0.25, 0.3) is 0 Å². The summed E-state index contributed by atoms with van der Waals surface area (Å²) in [6.45, 7) is 31.5. The highest BCUT2D eigenvalue weighted by atomic mass is 31.2. The van der Waals surface area contributed by atoms with Crippen molar-refractivity contribution in [3.63, 3.8) is 0 Å². The van der Waals surface area contributed by atoms with Crippen molar-refractivity contribution in [3.8, 4) is 0 Å². The molecule has 6 aliphatic rings. The van der Waals surface area contributed by atoms with Crippen LogP contribution in [0.15, 0.2) is 4.52 Å². The second-order valence-electron chi connectivity index (χ2n) is 19.2. The Balaban J connectivity index is 1.84. The zero-order valence-corrected chi connectivity index (χ0v) is 37.5. The predicted molar refractivity (Wildman–Crippen MR) is 224 cm³/mol. The summed E-state index contributed by atoms with van der Waals surface area (Å²) < 4.78 is 26.7. The summed E-state index contributed by atoms with van der Waals surface area (Å²) >= 11 is 0. The van der Waals surface area contributed by atoms with Gasteiger partial charge in [-0.25, -0.2) is 14.0 Å². The van der Waals surface area contributed by atoms with Crippen LogP contribution in [0.5, 0.6) is 0 Å². The summed E-state index contributed by atoms with van der Waals surface area (Å²) in [4.78, 5) is 0. The van der Waals surface area contributed by atoms with Gasteiger partial charge >= 0.3 is 7.87 Å². The van der Waals surface area contributed by atoms with Gasteiger partial charge in [0.15, 0.2) is 0 Å². The SMILES string of the molecule is CC1CCC[C@@H](C)N1P(=N[P+](N1C(C)CCC[C@@H]1C)(N1[C@H](C)CCC[C@@H]1C)N1[C@H](C)CCC[C@@H]1C)(N1C(C)CCC[C@@H]1C)N1[C@H](C)CCC[C@@H]1C. The Bertz CT molecular complexity index is 1000.